The highest BCUT2D eigenvalue weighted by Crippen LogP contribution is 2.66. The van der Waals surface area contributed by atoms with Crippen molar-refractivity contribution in [2.24, 2.45) is 34.5 Å². The van der Waals surface area contributed by atoms with Crippen molar-refractivity contribution in [3.8, 4) is 0 Å². The quantitative estimate of drug-likeness (QED) is 0.562. The van der Waals surface area contributed by atoms with Gasteiger partial charge in [0.05, 0.1) is 25.4 Å². The van der Waals surface area contributed by atoms with E-state index in [1.165, 1.54) is 0 Å². The van der Waals surface area contributed by atoms with Crippen molar-refractivity contribution in [1.29, 1.82) is 0 Å². The van der Waals surface area contributed by atoms with Crippen LogP contribution in [-0.4, -0.2) is 49.9 Å². The lowest BCUT2D eigenvalue weighted by molar-refractivity contribution is -0.297. The van der Waals surface area contributed by atoms with E-state index >= 15 is 0 Å². The standard InChI is InChI=1S/C24H46O4/c1-7-9-11-19-13-17(3)24(16-28-6)22(26)20(12-10-8-2)14-18(4)23(24,15-27-5)21(19)25/h17-22,25-26H,7-16H2,1-6H3/t17-,18-,19-,20-,21-,22-,23-,24-/m1/s1. The van der Waals surface area contributed by atoms with E-state index in [4.69, 9.17) is 9.47 Å². The number of hydrogen-bond donors (Lipinski definition) is 2. The van der Waals surface area contributed by atoms with Crippen molar-refractivity contribution in [1.82, 2.24) is 0 Å². The van der Waals surface area contributed by atoms with Gasteiger partial charge in [0.1, 0.15) is 0 Å². The molecule has 8 atom stereocenters. The van der Waals surface area contributed by atoms with E-state index < -0.39 is 23.0 Å². The summed E-state index contributed by atoms with van der Waals surface area (Å²) in [5, 5.41) is 23.6. The number of aliphatic hydroxyl groups is 2. The molecule has 0 aromatic carbocycles. The van der Waals surface area contributed by atoms with Crippen LogP contribution in [0.25, 0.3) is 0 Å². The zero-order valence-corrected chi connectivity index (χ0v) is 19.2. The first-order chi connectivity index (χ1) is 13.4. The van der Waals surface area contributed by atoms with Crippen LogP contribution in [0, 0.1) is 34.5 Å². The molecule has 0 radical (unpaired) electrons. The zero-order chi connectivity index (χ0) is 20.9. The first kappa shape index (κ1) is 24.1. The molecular weight excluding hydrogens is 352 g/mol. The summed E-state index contributed by atoms with van der Waals surface area (Å²) in [4.78, 5) is 0. The van der Waals surface area contributed by atoms with Crippen molar-refractivity contribution in [2.75, 3.05) is 27.4 Å². The fourth-order valence-electron chi connectivity index (χ4n) is 7.16. The van der Waals surface area contributed by atoms with Gasteiger partial charge in [0.25, 0.3) is 0 Å². The maximum absolute atomic E-state index is 11.8. The molecule has 4 heteroatoms. The van der Waals surface area contributed by atoms with E-state index in [1.807, 2.05) is 0 Å². The van der Waals surface area contributed by atoms with E-state index in [-0.39, 0.29) is 23.7 Å². The molecule has 2 saturated carbocycles. The molecule has 0 saturated heterocycles. The van der Waals surface area contributed by atoms with Gasteiger partial charge < -0.3 is 19.7 Å². The Bertz CT molecular complexity index is 428. The van der Waals surface area contributed by atoms with Crippen molar-refractivity contribution in [2.45, 2.75) is 91.3 Å². The number of rotatable bonds is 10. The first-order valence-corrected chi connectivity index (χ1v) is 11.7. The number of fused-ring (bicyclic) bond motifs is 1. The molecule has 2 N–H and O–H groups in total. The number of hydrogen-bond acceptors (Lipinski definition) is 4. The van der Waals surface area contributed by atoms with Crippen LogP contribution < -0.4 is 0 Å². The molecule has 4 nitrogen and oxygen atoms in total. The maximum atomic E-state index is 11.8. The van der Waals surface area contributed by atoms with Gasteiger partial charge in [-0.25, -0.2) is 0 Å². The molecular formula is C24H46O4. The van der Waals surface area contributed by atoms with Crippen molar-refractivity contribution in [3.63, 3.8) is 0 Å². The highest BCUT2D eigenvalue weighted by atomic mass is 16.5. The summed E-state index contributed by atoms with van der Waals surface area (Å²) in [5.74, 6) is 1.12. The molecule has 166 valence electrons. The summed E-state index contributed by atoms with van der Waals surface area (Å²) in [7, 11) is 3.48. The van der Waals surface area contributed by atoms with E-state index in [9.17, 15) is 10.2 Å². The Morgan fingerprint density at radius 1 is 0.750 bits per heavy atom. The fourth-order valence-corrected chi connectivity index (χ4v) is 7.16. The van der Waals surface area contributed by atoms with Gasteiger partial charge in [0.15, 0.2) is 0 Å². The molecule has 0 spiro atoms. The molecule has 2 fully saturated rings. The van der Waals surface area contributed by atoms with Crippen molar-refractivity contribution in [3.05, 3.63) is 0 Å². The van der Waals surface area contributed by atoms with Crippen LogP contribution in [0.5, 0.6) is 0 Å². The van der Waals surface area contributed by atoms with Crippen LogP contribution in [0.15, 0.2) is 0 Å². The van der Waals surface area contributed by atoms with Gasteiger partial charge >= 0.3 is 0 Å². The van der Waals surface area contributed by atoms with Crippen LogP contribution >= 0.6 is 0 Å². The lowest BCUT2D eigenvalue weighted by Gasteiger charge is -2.68. The second-order valence-corrected chi connectivity index (χ2v) is 9.91. The second kappa shape index (κ2) is 10.2. The van der Waals surface area contributed by atoms with E-state index in [0.29, 0.717) is 13.2 Å². The lowest BCUT2D eigenvalue weighted by atomic mass is 9.38. The van der Waals surface area contributed by atoms with Crippen molar-refractivity contribution < 1.29 is 19.7 Å². The minimum absolute atomic E-state index is 0.275. The van der Waals surface area contributed by atoms with Gasteiger partial charge in [0.2, 0.25) is 0 Å². The Hall–Kier alpha value is -0.160. The van der Waals surface area contributed by atoms with Gasteiger partial charge in [-0.15, -0.1) is 0 Å². The monoisotopic (exact) mass is 398 g/mol. The Morgan fingerprint density at radius 2 is 1.11 bits per heavy atom. The predicted octanol–water partition coefficient (Wildman–Crippen LogP) is 4.67. The van der Waals surface area contributed by atoms with Crippen LogP contribution in [0.4, 0.5) is 0 Å². The van der Waals surface area contributed by atoms with Crippen LogP contribution in [0.3, 0.4) is 0 Å². The Balaban J connectivity index is 2.54. The highest BCUT2D eigenvalue weighted by Gasteiger charge is 2.70. The minimum atomic E-state index is -0.462. The summed E-state index contributed by atoms with van der Waals surface area (Å²) in [6.45, 7) is 9.97. The van der Waals surface area contributed by atoms with Crippen LogP contribution in [-0.2, 0) is 9.47 Å². The molecule has 0 aromatic heterocycles. The summed E-state index contributed by atoms with van der Waals surface area (Å²) in [6, 6.07) is 0. The third-order valence-corrected chi connectivity index (χ3v) is 8.51. The fraction of sp³-hybridized carbons (Fsp3) is 1.00. The third-order valence-electron chi connectivity index (χ3n) is 8.51. The summed E-state index contributed by atoms with van der Waals surface area (Å²) in [6.07, 6.45) is 7.70. The highest BCUT2D eigenvalue weighted by molar-refractivity contribution is 5.18. The molecule has 0 heterocycles. The largest absolute Gasteiger partial charge is 0.392 e. The Labute approximate surface area is 173 Å². The van der Waals surface area contributed by atoms with E-state index in [0.717, 1.165) is 51.4 Å². The SMILES string of the molecule is CCCC[C@@H]1C[C@@H](C)[C@]2(COC)[C@H](O)[C@H](CCCC)C[C@@H](C)[C@]2(COC)[C@@H]1O. The van der Waals surface area contributed by atoms with Gasteiger partial charge in [-0.3, -0.25) is 0 Å². The lowest BCUT2D eigenvalue weighted by Crippen LogP contribution is -2.73. The summed E-state index contributed by atoms with van der Waals surface area (Å²) in [5.41, 5.74) is -0.925. The average Bonchev–Trinajstić information content (AvgIpc) is 2.67. The topological polar surface area (TPSA) is 58.9 Å². The molecule has 2 aliphatic rings. The summed E-state index contributed by atoms with van der Waals surface area (Å²) >= 11 is 0. The molecule has 0 bridgehead atoms. The zero-order valence-electron chi connectivity index (χ0n) is 19.2. The van der Waals surface area contributed by atoms with Gasteiger partial charge in [-0.1, -0.05) is 53.4 Å². The van der Waals surface area contributed by atoms with Gasteiger partial charge in [-0.2, -0.15) is 0 Å². The molecule has 2 aliphatic carbocycles. The van der Waals surface area contributed by atoms with Gasteiger partial charge in [0, 0.05) is 25.0 Å². The number of methoxy groups -OCH3 is 2. The second-order valence-electron chi connectivity index (χ2n) is 9.91. The molecule has 2 rings (SSSR count). The van der Waals surface area contributed by atoms with Gasteiger partial charge in [-0.05, 0) is 49.4 Å². The number of unbranched alkanes of at least 4 members (excludes halogenated alkanes) is 2. The minimum Gasteiger partial charge on any atom is -0.392 e. The van der Waals surface area contributed by atoms with Crippen LogP contribution in [0.1, 0.15) is 79.1 Å². The average molecular weight is 399 g/mol. The number of aliphatic hydroxyl groups excluding tert-OH is 2. The Morgan fingerprint density at radius 3 is 1.39 bits per heavy atom. The maximum Gasteiger partial charge on any atom is 0.0656 e. The van der Waals surface area contributed by atoms with Crippen LogP contribution in [0.2, 0.25) is 0 Å². The van der Waals surface area contributed by atoms with Crippen molar-refractivity contribution >= 4 is 0 Å². The number of ether oxygens (including phenoxy) is 2. The molecule has 0 aliphatic heterocycles. The van der Waals surface area contributed by atoms with E-state index in [2.05, 4.69) is 27.7 Å². The predicted molar refractivity (Wildman–Crippen MR) is 114 cm³/mol. The first-order valence-electron chi connectivity index (χ1n) is 11.7. The summed E-state index contributed by atoms with van der Waals surface area (Å²) < 4.78 is 11.6. The third kappa shape index (κ3) is 3.79. The Kier molecular flexibility index (Phi) is 8.82. The molecule has 0 amide bonds. The molecule has 0 aromatic rings. The molecule has 0 unspecified atom stereocenters. The molecule has 28 heavy (non-hydrogen) atoms. The smallest absolute Gasteiger partial charge is 0.0656 e. The normalized spacial score (nSPS) is 43.7. The van der Waals surface area contributed by atoms with E-state index in [1.54, 1.807) is 14.2 Å².